The van der Waals surface area contributed by atoms with Crippen LogP contribution in [-0.2, 0) is 11.3 Å². The van der Waals surface area contributed by atoms with Crippen molar-refractivity contribution in [3.63, 3.8) is 0 Å². The van der Waals surface area contributed by atoms with Gasteiger partial charge in [-0.25, -0.2) is 4.98 Å². The second kappa shape index (κ2) is 8.38. The molecule has 1 amide bonds. The summed E-state index contributed by atoms with van der Waals surface area (Å²) in [5, 5.41) is 3.86. The number of furan rings is 1. The normalized spacial score (nSPS) is 12.7. The predicted octanol–water partition coefficient (Wildman–Crippen LogP) is 4.78. The molecule has 1 unspecified atom stereocenters. The van der Waals surface area contributed by atoms with Crippen molar-refractivity contribution in [3.05, 3.63) is 76.3 Å². The third-order valence-electron chi connectivity index (χ3n) is 5.61. The molecule has 0 bridgehead atoms. The van der Waals surface area contributed by atoms with Crippen LogP contribution in [-0.4, -0.2) is 15.5 Å². The lowest BCUT2D eigenvalue weighted by Gasteiger charge is -2.23. The van der Waals surface area contributed by atoms with Crippen LogP contribution in [0.25, 0.3) is 22.1 Å². The molecule has 0 aliphatic heterocycles. The maximum absolute atomic E-state index is 12.9. The lowest BCUT2D eigenvalue weighted by atomic mass is 9.93. The average Bonchev–Trinajstić information content (AvgIpc) is 3.13. The summed E-state index contributed by atoms with van der Waals surface area (Å²) in [7, 11) is 0. The van der Waals surface area contributed by atoms with Gasteiger partial charge in [-0.2, -0.15) is 0 Å². The standard InChI is InChI=1S/C25H27N3O3/c1-15(2)17-9-11-18(12-10-17)22(16(3)4)27-21(29)13-28-14-26-23-19-7-5-6-8-20(19)31-24(23)25(28)30/h5-12,14-16,22H,13H2,1-4H3,(H,27,29). The van der Waals surface area contributed by atoms with Crippen molar-refractivity contribution >= 4 is 28.0 Å². The van der Waals surface area contributed by atoms with Gasteiger partial charge in [-0.05, 0) is 35.1 Å². The van der Waals surface area contributed by atoms with E-state index in [0.29, 0.717) is 17.0 Å². The van der Waals surface area contributed by atoms with Crippen molar-refractivity contribution in [1.82, 2.24) is 14.9 Å². The molecule has 0 saturated heterocycles. The summed E-state index contributed by atoms with van der Waals surface area (Å²) in [5.74, 6) is 0.404. The zero-order valence-corrected chi connectivity index (χ0v) is 18.3. The Hall–Kier alpha value is -3.41. The van der Waals surface area contributed by atoms with E-state index in [0.717, 1.165) is 10.9 Å². The molecule has 0 aliphatic rings. The molecule has 6 nitrogen and oxygen atoms in total. The van der Waals surface area contributed by atoms with Gasteiger partial charge in [-0.1, -0.05) is 64.1 Å². The monoisotopic (exact) mass is 417 g/mol. The minimum Gasteiger partial charge on any atom is -0.448 e. The molecule has 1 N–H and O–H groups in total. The number of aromatic nitrogens is 2. The first-order valence-electron chi connectivity index (χ1n) is 10.6. The number of nitrogens with zero attached hydrogens (tertiary/aromatic N) is 2. The second-order valence-electron chi connectivity index (χ2n) is 8.56. The lowest BCUT2D eigenvalue weighted by Crippen LogP contribution is -2.36. The van der Waals surface area contributed by atoms with E-state index in [1.807, 2.05) is 18.2 Å². The molecular weight excluding hydrogens is 390 g/mol. The lowest BCUT2D eigenvalue weighted by molar-refractivity contribution is -0.122. The first kappa shape index (κ1) is 20.8. The fourth-order valence-corrected chi connectivity index (χ4v) is 3.82. The van der Waals surface area contributed by atoms with Gasteiger partial charge < -0.3 is 9.73 Å². The molecule has 2 heterocycles. The van der Waals surface area contributed by atoms with Gasteiger partial charge in [-0.15, -0.1) is 0 Å². The molecule has 0 radical (unpaired) electrons. The second-order valence-corrected chi connectivity index (χ2v) is 8.56. The Kier molecular flexibility index (Phi) is 5.63. The van der Waals surface area contributed by atoms with Gasteiger partial charge in [-0.3, -0.25) is 14.2 Å². The van der Waals surface area contributed by atoms with Gasteiger partial charge in [0.2, 0.25) is 11.5 Å². The van der Waals surface area contributed by atoms with Crippen LogP contribution in [0.5, 0.6) is 0 Å². The molecule has 0 aliphatic carbocycles. The number of benzene rings is 2. The first-order valence-corrected chi connectivity index (χ1v) is 10.6. The number of hydrogen-bond acceptors (Lipinski definition) is 4. The SMILES string of the molecule is CC(C)c1ccc(C(NC(=O)Cn2cnc3c(oc4ccccc43)c2=O)C(C)C)cc1. The summed E-state index contributed by atoms with van der Waals surface area (Å²) in [4.78, 5) is 30.1. The zero-order valence-electron chi connectivity index (χ0n) is 18.3. The van der Waals surface area contributed by atoms with Crippen LogP contribution in [0.15, 0.2) is 64.1 Å². The van der Waals surface area contributed by atoms with Crippen molar-refractivity contribution in [2.24, 2.45) is 5.92 Å². The maximum atomic E-state index is 12.9. The van der Waals surface area contributed by atoms with Gasteiger partial charge in [0.15, 0.2) is 0 Å². The first-order chi connectivity index (χ1) is 14.8. The zero-order chi connectivity index (χ0) is 22.1. The van der Waals surface area contributed by atoms with Crippen molar-refractivity contribution in [2.45, 2.75) is 46.2 Å². The molecule has 160 valence electrons. The summed E-state index contributed by atoms with van der Waals surface area (Å²) in [6.45, 7) is 8.32. The van der Waals surface area contributed by atoms with E-state index >= 15 is 0 Å². The largest absolute Gasteiger partial charge is 0.448 e. The van der Waals surface area contributed by atoms with E-state index in [4.69, 9.17) is 4.42 Å². The fraction of sp³-hybridized carbons (Fsp3) is 0.320. The van der Waals surface area contributed by atoms with Gasteiger partial charge in [0.1, 0.15) is 17.6 Å². The van der Waals surface area contributed by atoms with E-state index in [1.165, 1.54) is 16.5 Å². The number of carbonyl (C=O) groups excluding carboxylic acids is 1. The summed E-state index contributed by atoms with van der Waals surface area (Å²) in [5.41, 5.74) is 3.23. The molecular formula is C25H27N3O3. The highest BCUT2D eigenvalue weighted by atomic mass is 16.3. The molecule has 1 atom stereocenters. The van der Waals surface area contributed by atoms with E-state index in [2.05, 4.69) is 62.3 Å². The Bertz CT molecular complexity index is 1280. The maximum Gasteiger partial charge on any atom is 0.297 e. The Morgan fingerprint density at radius 2 is 1.71 bits per heavy atom. The van der Waals surface area contributed by atoms with Crippen molar-refractivity contribution < 1.29 is 9.21 Å². The minimum atomic E-state index is -0.362. The third-order valence-corrected chi connectivity index (χ3v) is 5.61. The highest BCUT2D eigenvalue weighted by molar-refractivity contribution is 6.01. The smallest absolute Gasteiger partial charge is 0.297 e. The minimum absolute atomic E-state index is 0.119. The molecule has 2 aromatic carbocycles. The van der Waals surface area contributed by atoms with Gasteiger partial charge in [0, 0.05) is 5.39 Å². The number of nitrogens with one attached hydrogen (secondary N) is 1. The van der Waals surface area contributed by atoms with Crippen LogP contribution in [0.3, 0.4) is 0 Å². The van der Waals surface area contributed by atoms with Crippen molar-refractivity contribution in [3.8, 4) is 0 Å². The number of amides is 1. The molecule has 4 rings (SSSR count). The summed E-state index contributed by atoms with van der Waals surface area (Å²) >= 11 is 0. The van der Waals surface area contributed by atoms with E-state index in [-0.39, 0.29) is 35.6 Å². The fourth-order valence-electron chi connectivity index (χ4n) is 3.82. The number of rotatable bonds is 6. The predicted molar refractivity (Wildman–Crippen MR) is 122 cm³/mol. The molecule has 31 heavy (non-hydrogen) atoms. The van der Waals surface area contributed by atoms with Gasteiger partial charge in [0.25, 0.3) is 5.56 Å². The van der Waals surface area contributed by atoms with Crippen LogP contribution in [0.4, 0.5) is 0 Å². The number of fused-ring (bicyclic) bond motifs is 3. The van der Waals surface area contributed by atoms with Gasteiger partial charge in [0.05, 0.1) is 12.4 Å². The summed E-state index contributed by atoms with van der Waals surface area (Å²) in [6.07, 6.45) is 1.41. The molecule has 4 aromatic rings. The van der Waals surface area contributed by atoms with E-state index in [1.54, 1.807) is 6.07 Å². The molecule has 2 aromatic heterocycles. The summed E-state index contributed by atoms with van der Waals surface area (Å²) < 4.78 is 6.99. The Morgan fingerprint density at radius 3 is 2.39 bits per heavy atom. The molecule has 0 fully saturated rings. The summed E-state index contributed by atoms with van der Waals surface area (Å²) in [6, 6.07) is 15.6. The molecule has 6 heteroatoms. The Balaban J connectivity index is 1.56. The van der Waals surface area contributed by atoms with Crippen LogP contribution in [0.1, 0.15) is 50.8 Å². The van der Waals surface area contributed by atoms with E-state index in [9.17, 15) is 9.59 Å². The number of hydrogen-bond donors (Lipinski definition) is 1. The topological polar surface area (TPSA) is 77.1 Å². The van der Waals surface area contributed by atoms with Crippen LogP contribution < -0.4 is 10.9 Å². The molecule has 0 saturated carbocycles. The molecule has 0 spiro atoms. The van der Waals surface area contributed by atoms with Gasteiger partial charge >= 0.3 is 0 Å². The quantitative estimate of drug-likeness (QED) is 0.490. The van der Waals surface area contributed by atoms with Crippen molar-refractivity contribution in [2.75, 3.05) is 0 Å². The Morgan fingerprint density at radius 1 is 1.03 bits per heavy atom. The van der Waals surface area contributed by atoms with Crippen LogP contribution in [0, 0.1) is 5.92 Å². The van der Waals surface area contributed by atoms with E-state index < -0.39 is 0 Å². The average molecular weight is 418 g/mol. The number of para-hydroxylation sites is 1. The number of carbonyl (C=O) groups is 1. The highest BCUT2D eigenvalue weighted by Gasteiger charge is 2.20. The van der Waals surface area contributed by atoms with Crippen molar-refractivity contribution in [1.29, 1.82) is 0 Å². The highest BCUT2D eigenvalue weighted by Crippen LogP contribution is 2.25. The van der Waals surface area contributed by atoms with Crippen LogP contribution >= 0.6 is 0 Å². The van der Waals surface area contributed by atoms with Crippen LogP contribution in [0.2, 0.25) is 0 Å². The Labute approximate surface area is 180 Å². The third kappa shape index (κ3) is 4.10.